The first-order valence-electron chi connectivity index (χ1n) is 12.2. The largest absolute Gasteiger partial charge is 0.480 e. The van der Waals surface area contributed by atoms with Gasteiger partial charge in [0.1, 0.15) is 12.6 Å². The van der Waals surface area contributed by atoms with Crippen molar-refractivity contribution >= 4 is 18.0 Å². The predicted molar refractivity (Wildman–Crippen MR) is 133 cm³/mol. The molecule has 4 rings (SSSR count). The molecule has 2 aromatic carbocycles. The van der Waals surface area contributed by atoms with Crippen molar-refractivity contribution in [1.29, 1.82) is 0 Å². The number of fused-ring (bicyclic) bond motifs is 3. The Morgan fingerprint density at radius 1 is 1.06 bits per heavy atom. The highest BCUT2D eigenvalue weighted by molar-refractivity contribution is 5.87. The number of alkyl carbamates (subject to hydrolysis) is 1. The zero-order chi connectivity index (χ0) is 25.3. The third-order valence-electron chi connectivity index (χ3n) is 7.50. The van der Waals surface area contributed by atoms with Crippen LogP contribution in [0.2, 0.25) is 0 Å². The van der Waals surface area contributed by atoms with E-state index in [0.29, 0.717) is 13.0 Å². The van der Waals surface area contributed by atoms with Crippen LogP contribution in [0.25, 0.3) is 11.1 Å². The lowest BCUT2D eigenvalue weighted by molar-refractivity contribution is -0.153. The maximum atomic E-state index is 13.3. The molecule has 7 nitrogen and oxygen atoms in total. The first-order valence-corrected chi connectivity index (χ1v) is 12.2. The molecule has 0 bridgehead atoms. The molecule has 1 fully saturated rings. The second-order valence-electron chi connectivity index (χ2n) is 10.6. The van der Waals surface area contributed by atoms with Crippen molar-refractivity contribution < 1.29 is 24.2 Å². The summed E-state index contributed by atoms with van der Waals surface area (Å²) in [6, 6.07) is 15.4. The lowest BCUT2D eigenvalue weighted by Gasteiger charge is -2.32. The van der Waals surface area contributed by atoms with Crippen LogP contribution in [-0.4, -0.2) is 53.7 Å². The second kappa shape index (κ2) is 9.72. The number of hydrogen-bond donors (Lipinski definition) is 2. The van der Waals surface area contributed by atoms with Crippen LogP contribution in [0.15, 0.2) is 48.5 Å². The molecule has 2 N–H and O–H groups in total. The summed E-state index contributed by atoms with van der Waals surface area (Å²) >= 11 is 0. The summed E-state index contributed by atoms with van der Waals surface area (Å²) < 4.78 is 5.60. The van der Waals surface area contributed by atoms with Gasteiger partial charge in [-0.2, -0.15) is 0 Å². The molecule has 186 valence electrons. The number of benzene rings is 2. The molecule has 2 aliphatic rings. The van der Waals surface area contributed by atoms with E-state index in [0.717, 1.165) is 22.3 Å². The van der Waals surface area contributed by atoms with Gasteiger partial charge in [0.15, 0.2) is 0 Å². The number of likely N-dealkylation sites (tertiary alicyclic amines) is 1. The third kappa shape index (κ3) is 4.77. The van der Waals surface area contributed by atoms with Gasteiger partial charge < -0.3 is 20.1 Å². The highest BCUT2D eigenvalue weighted by atomic mass is 16.5. The van der Waals surface area contributed by atoms with Crippen molar-refractivity contribution in [2.45, 2.75) is 46.1 Å². The van der Waals surface area contributed by atoms with E-state index < -0.39 is 29.4 Å². The zero-order valence-corrected chi connectivity index (χ0v) is 20.8. The molecule has 0 saturated carbocycles. The number of carbonyl (C=O) groups excluding carboxylic acids is 2. The Morgan fingerprint density at radius 2 is 1.63 bits per heavy atom. The van der Waals surface area contributed by atoms with Crippen molar-refractivity contribution in [1.82, 2.24) is 10.2 Å². The van der Waals surface area contributed by atoms with Gasteiger partial charge in [-0.05, 0) is 40.0 Å². The summed E-state index contributed by atoms with van der Waals surface area (Å²) in [6.45, 7) is 8.24. The number of carbonyl (C=O) groups is 3. The Kier molecular flexibility index (Phi) is 6.88. The van der Waals surface area contributed by atoms with Gasteiger partial charge in [-0.15, -0.1) is 0 Å². The standard InChI is InChI=1S/C28H34N2O5/c1-17(2)22(25(31)30-14-13-28(3,4)24(30)26(32)33)15-29-27(34)35-16-23-20-11-7-5-9-18(20)19-10-6-8-12-21(19)23/h5-12,17,22-24H,13-16H2,1-4H3,(H,29,34)(H,32,33). The smallest absolute Gasteiger partial charge is 0.407 e. The molecule has 2 atom stereocenters. The van der Waals surface area contributed by atoms with Crippen LogP contribution in [0.4, 0.5) is 4.79 Å². The number of nitrogens with one attached hydrogen (secondary N) is 1. The van der Waals surface area contributed by atoms with Gasteiger partial charge in [-0.3, -0.25) is 4.79 Å². The molecule has 0 spiro atoms. The van der Waals surface area contributed by atoms with Gasteiger partial charge in [-0.25, -0.2) is 9.59 Å². The fourth-order valence-electron chi connectivity index (χ4n) is 5.47. The van der Waals surface area contributed by atoms with E-state index in [1.807, 2.05) is 52.0 Å². The molecule has 2 unspecified atom stereocenters. The average Bonchev–Trinajstić information content (AvgIpc) is 3.31. The maximum absolute atomic E-state index is 13.3. The fraction of sp³-hybridized carbons (Fsp3) is 0.464. The minimum absolute atomic E-state index is 0.0427. The molecule has 1 aliphatic heterocycles. The first kappa shape index (κ1) is 24.8. The Hall–Kier alpha value is -3.35. The van der Waals surface area contributed by atoms with Gasteiger partial charge >= 0.3 is 12.1 Å². The van der Waals surface area contributed by atoms with Crippen molar-refractivity contribution in [3.8, 4) is 11.1 Å². The Balaban J connectivity index is 1.39. The van der Waals surface area contributed by atoms with E-state index in [1.165, 1.54) is 4.90 Å². The zero-order valence-electron chi connectivity index (χ0n) is 20.8. The number of aliphatic carboxylic acids is 1. The van der Waals surface area contributed by atoms with Gasteiger partial charge in [0.2, 0.25) is 5.91 Å². The van der Waals surface area contributed by atoms with Crippen molar-refractivity contribution in [2.75, 3.05) is 19.7 Å². The SMILES string of the molecule is CC(C)C(CNC(=O)OCC1c2ccccc2-c2ccccc21)C(=O)N1CCC(C)(C)C1C(=O)O. The molecule has 2 amide bonds. The minimum Gasteiger partial charge on any atom is -0.480 e. The fourth-order valence-corrected chi connectivity index (χ4v) is 5.47. The minimum atomic E-state index is -0.993. The van der Waals surface area contributed by atoms with Crippen molar-refractivity contribution in [3.05, 3.63) is 59.7 Å². The summed E-state index contributed by atoms with van der Waals surface area (Å²) in [5, 5.41) is 12.5. The highest BCUT2D eigenvalue weighted by Crippen LogP contribution is 2.44. The Bertz CT molecular complexity index is 1080. The number of nitrogens with zero attached hydrogens (tertiary/aromatic N) is 1. The van der Waals surface area contributed by atoms with Gasteiger partial charge in [0, 0.05) is 19.0 Å². The Morgan fingerprint density at radius 3 is 2.17 bits per heavy atom. The molecule has 0 aromatic heterocycles. The van der Waals surface area contributed by atoms with E-state index in [9.17, 15) is 19.5 Å². The number of rotatable bonds is 7. The van der Waals surface area contributed by atoms with Crippen molar-refractivity contribution in [3.63, 3.8) is 0 Å². The van der Waals surface area contributed by atoms with Crippen LogP contribution in [0.3, 0.4) is 0 Å². The first-order chi connectivity index (χ1) is 16.6. The summed E-state index contributed by atoms with van der Waals surface area (Å²) in [7, 11) is 0. The van der Waals surface area contributed by atoms with Crippen LogP contribution in [-0.2, 0) is 14.3 Å². The van der Waals surface area contributed by atoms with E-state index in [2.05, 4.69) is 29.6 Å². The molecular formula is C28H34N2O5. The average molecular weight is 479 g/mol. The number of carboxylic acids is 1. The molecule has 7 heteroatoms. The molecular weight excluding hydrogens is 444 g/mol. The van der Waals surface area contributed by atoms with Crippen LogP contribution >= 0.6 is 0 Å². The lowest BCUT2D eigenvalue weighted by atomic mass is 9.84. The summed E-state index contributed by atoms with van der Waals surface area (Å²) in [4.78, 5) is 39.3. The normalized spacial score (nSPS) is 19.2. The monoisotopic (exact) mass is 478 g/mol. The van der Waals surface area contributed by atoms with Gasteiger partial charge in [0.05, 0.1) is 5.92 Å². The molecule has 1 heterocycles. The summed E-state index contributed by atoms with van der Waals surface area (Å²) in [5.74, 6) is -1.88. The van der Waals surface area contributed by atoms with Gasteiger partial charge in [0.25, 0.3) is 0 Å². The van der Waals surface area contributed by atoms with E-state index in [1.54, 1.807) is 0 Å². The van der Waals surface area contributed by atoms with Gasteiger partial charge in [-0.1, -0.05) is 76.2 Å². The third-order valence-corrected chi connectivity index (χ3v) is 7.50. The molecule has 2 aromatic rings. The number of carboxylic acid groups (broad SMARTS) is 1. The van der Waals surface area contributed by atoms with E-state index in [-0.39, 0.29) is 30.9 Å². The molecule has 1 saturated heterocycles. The molecule has 1 aliphatic carbocycles. The number of amides is 2. The second-order valence-corrected chi connectivity index (χ2v) is 10.6. The van der Waals surface area contributed by atoms with Crippen LogP contribution in [0, 0.1) is 17.3 Å². The lowest BCUT2D eigenvalue weighted by Crippen LogP contribution is -2.50. The molecule has 35 heavy (non-hydrogen) atoms. The summed E-state index contributed by atoms with van der Waals surface area (Å²) in [6.07, 6.45) is 0.0437. The van der Waals surface area contributed by atoms with Crippen LogP contribution < -0.4 is 5.32 Å². The van der Waals surface area contributed by atoms with Crippen molar-refractivity contribution in [2.24, 2.45) is 17.3 Å². The number of ether oxygens (including phenoxy) is 1. The topological polar surface area (TPSA) is 95.9 Å². The number of hydrogen-bond acceptors (Lipinski definition) is 4. The summed E-state index contributed by atoms with van der Waals surface area (Å²) in [5.41, 5.74) is 4.08. The highest BCUT2D eigenvalue weighted by Gasteiger charge is 2.48. The van der Waals surface area contributed by atoms with Crippen LogP contribution in [0.1, 0.15) is 51.2 Å². The van der Waals surface area contributed by atoms with Crippen LogP contribution in [0.5, 0.6) is 0 Å². The Labute approximate surface area is 206 Å². The quantitative estimate of drug-likeness (QED) is 0.611. The maximum Gasteiger partial charge on any atom is 0.407 e. The van der Waals surface area contributed by atoms with E-state index >= 15 is 0 Å². The predicted octanol–water partition coefficient (Wildman–Crippen LogP) is 4.51. The molecule has 0 radical (unpaired) electrons. The van der Waals surface area contributed by atoms with E-state index in [4.69, 9.17) is 4.74 Å².